The standard InChI is InChI=1S/C27H30F4N6O2S/c1-16-14-37(15-17(2)35(16)3)23-11-21(28)19(18-12-32-26(33-13-18)36-5-7-39-8-6-36)10-22(23)34-25(38)24-20(4-9-40-24)27(29,30)31/h4,9-13,16-17H,5-8,14-15H2,1-3H3,(H,34,38). The minimum atomic E-state index is -4.68. The molecular formula is C27H30F4N6O2S. The zero-order chi connectivity index (χ0) is 28.6. The molecule has 0 bridgehead atoms. The number of thiophene rings is 1. The number of rotatable bonds is 5. The van der Waals surface area contributed by atoms with Gasteiger partial charge in [0, 0.05) is 61.8 Å². The lowest BCUT2D eigenvalue weighted by Gasteiger charge is -2.44. The second kappa shape index (κ2) is 11.3. The van der Waals surface area contributed by atoms with E-state index in [-0.39, 0.29) is 23.3 Å². The molecule has 0 aliphatic carbocycles. The van der Waals surface area contributed by atoms with Crippen molar-refractivity contribution in [3.63, 3.8) is 0 Å². The summed E-state index contributed by atoms with van der Waals surface area (Å²) in [5.41, 5.74) is 0.114. The largest absolute Gasteiger partial charge is 0.417 e. The van der Waals surface area contributed by atoms with Crippen molar-refractivity contribution in [1.82, 2.24) is 14.9 Å². The van der Waals surface area contributed by atoms with Crippen LogP contribution in [0.15, 0.2) is 36.0 Å². The van der Waals surface area contributed by atoms with Gasteiger partial charge < -0.3 is 19.9 Å². The molecule has 0 radical (unpaired) electrons. The van der Waals surface area contributed by atoms with Gasteiger partial charge in [0.15, 0.2) is 0 Å². The molecule has 2 saturated heterocycles. The summed E-state index contributed by atoms with van der Waals surface area (Å²) >= 11 is 0.705. The van der Waals surface area contributed by atoms with Crippen LogP contribution in [0.5, 0.6) is 0 Å². The first-order valence-corrected chi connectivity index (χ1v) is 13.8. The number of benzene rings is 1. The first-order valence-electron chi connectivity index (χ1n) is 12.9. The van der Waals surface area contributed by atoms with E-state index in [0.717, 1.165) is 6.07 Å². The summed E-state index contributed by atoms with van der Waals surface area (Å²) in [4.78, 5) is 27.6. The maximum Gasteiger partial charge on any atom is 0.417 e. The van der Waals surface area contributed by atoms with E-state index in [1.807, 2.05) is 30.7 Å². The van der Waals surface area contributed by atoms with Crippen LogP contribution in [0.3, 0.4) is 0 Å². The Kier molecular flexibility index (Phi) is 7.98. The Balaban J connectivity index is 1.52. The van der Waals surface area contributed by atoms with Crippen molar-refractivity contribution in [2.24, 2.45) is 0 Å². The number of alkyl halides is 3. The Bertz CT molecular complexity index is 1350. The summed E-state index contributed by atoms with van der Waals surface area (Å²) in [5, 5.41) is 3.88. The van der Waals surface area contributed by atoms with Crippen molar-refractivity contribution in [1.29, 1.82) is 0 Å². The SMILES string of the molecule is CC1CN(c2cc(F)c(-c3cnc(N4CCOCC4)nc3)cc2NC(=O)c2sccc2C(F)(F)F)CC(C)N1C. The van der Waals surface area contributed by atoms with Gasteiger partial charge >= 0.3 is 6.18 Å². The minimum absolute atomic E-state index is 0.130. The molecule has 2 aliphatic heterocycles. The zero-order valence-corrected chi connectivity index (χ0v) is 23.2. The molecule has 2 fully saturated rings. The van der Waals surface area contributed by atoms with Gasteiger partial charge in [0.05, 0.1) is 30.2 Å². The fourth-order valence-electron chi connectivity index (χ4n) is 5.02. The highest BCUT2D eigenvalue weighted by Gasteiger charge is 2.37. The molecule has 214 valence electrons. The molecule has 2 unspecified atom stereocenters. The molecule has 2 atom stereocenters. The first-order chi connectivity index (χ1) is 19.0. The van der Waals surface area contributed by atoms with Gasteiger partial charge in [0.1, 0.15) is 10.7 Å². The molecule has 13 heteroatoms. The van der Waals surface area contributed by atoms with Gasteiger partial charge in [-0.15, -0.1) is 11.3 Å². The average molecular weight is 579 g/mol. The van der Waals surface area contributed by atoms with E-state index >= 15 is 4.39 Å². The molecule has 1 N–H and O–H groups in total. The molecule has 8 nitrogen and oxygen atoms in total. The number of carbonyl (C=O) groups is 1. The fourth-order valence-corrected chi connectivity index (χ4v) is 5.83. The lowest BCUT2D eigenvalue weighted by Crippen LogP contribution is -2.55. The highest BCUT2D eigenvalue weighted by atomic mass is 32.1. The molecule has 1 aromatic carbocycles. The van der Waals surface area contributed by atoms with Crippen molar-refractivity contribution < 1.29 is 27.1 Å². The molecule has 40 heavy (non-hydrogen) atoms. The van der Waals surface area contributed by atoms with E-state index in [1.54, 1.807) is 0 Å². The van der Waals surface area contributed by atoms with Gasteiger partial charge in [0.25, 0.3) is 5.91 Å². The van der Waals surface area contributed by atoms with E-state index < -0.39 is 28.3 Å². The van der Waals surface area contributed by atoms with Gasteiger partial charge in [0.2, 0.25) is 5.95 Å². The van der Waals surface area contributed by atoms with E-state index in [4.69, 9.17) is 4.74 Å². The van der Waals surface area contributed by atoms with E-state index in [2.05, 4.69) is 20.2 Å². The Hall–Kier alpha value is -3.29. The number of piperazine rings is 1. The molecular weight excluding hydrogens is 548 g/mol. The van der Waals surface area contributed by atoms with Crippen LogP contribution in [0.25, 0.3) is 11.1 Å². The first kappa shape index (κ1) is 28.2. The summed E-state index contributed by atoms with van der Waals surface area (Å²) in [6.45, 7) is 7.59. The highest BCUT2D eigenvalue weighted by molar-refractivity contribution is 7.12. The molecule has 0 spiro atoms. The maximum absolute atomic E-state index is 15.6. The van der Waals surface area contributed by atoms with Crippen LogP contribution in [-0.4, -0.2) is 79.3 Å². The number of aromatic nitrogens is 2. The van der Waals surface area contributed by atoms with Crippen LogP contribution in [-0.2, 0) is 10.9 Å². The molecule has 0 saturated carbocycles. The second-order valence-electron chi connectivity index (χ2n) is 10.1. The Morgan fingerprint density at radius 2 is 1.73 bits per heavy atom. The summed E-state index contributed by atoms with van der Waals surface area (Å²) in [7, 11) is 2.01. The quantitative estimate of drug-likeness (QED) is 0.428. The van der Waals surface area contributed by atoms with Crippen LogP contribution in [0.4, 0.5) is 34.9 Å². The molecule has 4 heterocycles. The second-order valence-corrected chi connectivity index (χ2v) is 11.0. The van der Waals surface area contributed by atoms with Crippen LogP contribution in [0.2, 0.25) is 0 Å². The summed E-state index contributed by atoms with van der Waals surface area (Å²) in [6.07, 6.45) is -1.67. The average Bonchev–Trinajstić information content (AvgIpc) is 3.44. The minimum Gasteiger partial charge on any atom is -0.378 e. The van der Waals surface area contributed by atoms with Crippen molar-refractivity contribution in [3.8, 4) is 11.1 Å². The van der Waals surface area contributed by atoms with Crippen LogP contribution >= 0.6 is 11.3 Å². The lowest BCUT2D eigenvalue weighted by molar-refractivity contribution is -0.137. The van der Waals surface area contributed by atoms with Crippen LogP contribution in [0.1, 0.15) is 29.1 Å². The number of nitrogens with zero attached hydrogens (tertiary/aromatic N) is 5. The number of morpholine rings is 1. The van der Waals surface area contributed by atoms with E-state index in [1.165, 1.54) is 29.9 Å². The van der Waals surface area contributed by atoms with Crippen molar-refractivity contribution in [2.75, 3.05) is 61.6 Å². The number of hydrogen-bond donors (Lipinski definition) is 1. The van der Waals surface area contributed by atoms with E-state index in [0.29, 0.717) is 67.9 Å². The number of carbonyl (C=O) groups excluding carboxylic acids is 1. The molecule has 1 amide bonds. The number of halogens is 4. The monoisotopic (exact) mass is 578 g/mol. The van der Waals surface area contributed by atoms with Gasteiger partial charge in [-0.2, -0.15) is 13.2 Å². The van der Waals surface area contributed by atoms with E-state index in [9.17, 15) is 18.0 Å². The third-order valence-corrected chi connectivity index (χ3v) is 8.37. The lowest BCUT2D eigenvalue weighted by atomic mass is 10.0. The molecule has 3 aromatic rings. The summed E-state index contributed by atoms with van der Waals surface area (Å²) in [6, 6.07) is 3.92. The van der Waals surface area contributed by atoms with Crippen molar-refractivity contribution in [2.45, 2.75) is 32.1 Å². The fraction of sp³-hybridized carbons (Fsp3) is 0.444. The van der Waals surface area contributed by atoms with Gasteiger partial charge in [-0.1, -0.05) is 0 Å². The van der Waals surface area contributed by atoms with Gasteiger partial charge in [-0.3, -0.25) is 9.69 Å². The van der Waals surface area contributed by atoms with Crippen LogP contribution in [0, 0.1) is 5.82 Å². The third-order valence-electron chi connectivity index (χ3n) is 7.45. The Morgan fingerprint density at radius 3 is 2.35 bits per heavy atom. The third kappa shape index (κ3) is 5.77. The molecule has 2 aromatic heterocycles. The molecule has 2 aliphatic rings. The number of anilines is 3. The molecule has 5 rings (SSSR count). The number of amides is 1. The van der Waals surface area contributed by atoms with Gasteiger partial charge in [-0.05, 0) is 44.5 Å². The normalized spacial score (nSPS) is 20.6. The Labute approximate surface area is 233 Å². The predicted octanol–water partition coefficient (Wildman–Crippen LogP) is 4.98. The number of ether oxygens (including phenoxy) is 1. The summed E-state index contributed by atoms with van der Waals surface area (Å²) < 4.78 is 61.6. The zero-order valence-electron chi connectivity index (χ0n) is 22.3. The summed E-state index contributed by atoms with van der Waals surface area (Å²) in [5.74, 6) is -0.965. The predicted molar refractivity (Wildman–Crippen MR) is 147 cm³/mol. The number of likely N-dealkylation sites (N-methyl/N-ethyl adjacent to an activating group) is 1. The number of nitrogens with one attached hydrogen (secondary N) is 1. The maximum atomic E-state index is 15.6. The highest BCUT2D eigenvalue weighted by Crippen LogP contribution is 2.38. The van der Waals surface area contributed by atoms with Crippen molar-refractivity contribution in [3.05, 3.63) is 52.2 Å². The van der Waals surface area contributed by atoms with Gasteiger partial charge in [-0.25, -0.2) is 14.4 Å². The van der Waals surface area contributed by atoms with Crippen LogP contribution < -0.4 is 15.1 Å². The number of hydrogen-bond acceptors (Lipinski definition) is 8. The van der Waals surface area contributed by atoms with Crippen molar-refractivity contribution >= 4 is 34.6 Å². The topological polar surface area (TPSA) is 73.8 Å². The smallest absolute Gasteiger partial charge is 0.378 e. The Morgan fingerprint density at radius 1 is 1.07 bits per heavy atom.